The first-order chi connectivity index (χ1) is 10.2. The van der Waals surface area contributed by atoms with Gasteiger partial charge < -0.3 is 20.7 Å². The second-order valence-corrected chi connectivity index (χ2v) is 5.04. The summed E-state index contributed by atoms with van der Waals surface area (Å²) in [4.78, 5) is 18.1. The first kappa shape index (κ1) is 15.6. The summed E-state index contributed by atoms with van der Waals surface area (Å²) < 4.78 is 5.25. The highest BCUT2D eigenvalue weighted by Gasteiger charge is 2.11. The van der Waals surface area contributed by atoms with Crippen molar-refractivity contribution in [3.8, 4) is 0 Å². The molecule has 1 aliphatic rings. The van der Waals surface area contributed by atoms with E-state index in [0.717, 1.165) is 13.1 Å². The predicted molar refractivity (Wildman–Crippen MR) is 82.7 cm³/mol. The molecule has 21 heavy (non-hydrogen) atoms. The number of ether oxygens (including phenoxy) is 1. The summed E-state index contributed by atoms with van der Waals surface area (Å²) in [6, 6.07) is 6.74. The number of carbonyl (C=O) groups excluding carboxylic acids is 1. The topological polar surface area (TPSA) is 79.9 Å². The molecule has 0 spiro atoms. The number of amides is 1. The van der Waals surface area contributed by atoms with Crippen LogP contribution in [0.15, 0.2) is 29.3 Å². The molecule has 6 nitrogen and oxygen atoms in total. The molecule has 1 aromatic rings. The van der Waals surface area contributed by atoms with Gasteiger partial charge in [-0.2, -0.15) is 0 Å². The summed E-state index contributed by atoms with van der Waals surface area (Å²) in [6.07, 6.45) is 0. The van der Waals surface area contributed by atoms with Crippen LogP contribution in [0, 0.1) is 0 Å². The molecular weight excluding hydrogens is 292 g/mol. The number of benzene rings is 1. The summed E-state index contributed by atoms with van der Waals surface area (Å²) in [5.41, 5.74) is 6.46. The highest BCUT2D eigenvalue weighted by Crippen LogP contribution is 2.09. The van der Waals surface area contributed by atoms with Crippen molar-refractivity contribution in [2.24, 2.45) is 10.7 Å². The van der Waals surface area contributed by atoms with Gasteiger partial charge in [0.05, 0.1) is 19.8 Å². The van der Waals surface area contributed by atoms with E-state index in [2.05, 4.69) is 10.3 Å². The molecule has 114 valence electrons. The number of aliphatic imine (C=N–C) groups is 1. The smallest absolute Gasteiger partial charge is 0.251 e. The number of morpholine rings is 1. The van der Waals surface area contributed by atoms with Crippen LogP contribution in [-0.4, -0.2) is 56.2 Å². The maximum atomic E-state index is 11.8. The number of hydrogen-bond donors (Lipinski definition) is 2. The third-order valence-corrected chi connectivity index (χ3v) is 3.36. The molecule has 0 aliphatic carbocycles. The number of guanidine groups is 1. The van der Waals surface area contributed by atoms with E-state index < -0.39 is 0 Å². The lowest BCUT2D eigenvalue weighted by Crippen LogP contribution is -2.45. The van der Waals surface area contributed by atoms with Crippen LogP contribution in [-0.2, 0) is 4.74 Å². The molecule has 1 aromatic carbocycles. The molecule has 0 unspecified atom stereocenters. The van der Waals surface area contributed by atoms with Crippen LogP contribution in [0.25, 0.3) is 0 Å². The summed E-state index contributed by atoms with van der Waals surface area (Å²) in [5.74, 6) is 0.353. The van der Waals surface area contributed by atoms with Gasteiger partial charge in [0.2, 0.25) is 0 Å². The Labute approximate surface area is 128 Å². The van der Waals surface area contributed by atoms with Crippen molar-refractivity contribution in [3.63, 3.8) is 0 Å². The molecule has 0 saturated carbocycles. The first-order valence-corrected chi connectivity index (χ1v) is 7.21. The molecule has 1 saturated heterocycles. The van der Waals surface area contributed by atoms with E-state index in [1.54, 1.807) is 24.3 Å². The second kappa shape index (κ2) is 7.85. The molecule has 2 rings (SSSR count). The van der Waals surface area contributed by atoms with Gasteiger partial charge in [0.1, 0.15) is 0 Å². The third-order valence-electron chi connectivity index (χ3n) is 3.11. The minimum atomic E-state index is -0.146. The molecule has 0 atom stereocenters. The molecular formula is C14H19ClN4O2. The zero-order chi connectivity index (χ0) is 15.1. The Kier molecular flexibility index (Phi) is 5.83. The van der Waals surface area contributed by atoms with Crippen LogP contribution >= 0.6 is 11.6 Å². The number of nitrogens with zero attached hydrogens (tertiary/aromatic N) is 2. The van der Waals surface area contributed by atoms with E-state index in [1.165, 1.54) is 0 Å². The van der Waals surface area contributed by atoms with E-state index in [-0.39, 0.29) is 5.91 Å². The summed E-state index contributed by atoms with van der Waals surface area (Å²) >= 11 is 5.77. The molecule has 1 aliphatic heterocycles. The normalized spacial score (nSPS) is 15.9. The Balaban J connectivity index is 1.73. The Morgan fingerprint density at radius 2 is 2.00 bits per heavy atom. The molecule has 1 amide bonds. The number of halogens is 1. The SMILES string of the molecule is NC(=NCCNC(=O)c1ccc(Cl)cc1)N1CCOCC1. The van der Waals surface area contributed by atoms with Crippen LogP contribution < -0.4 is 11.1 Å². The monoisotopic (exact) mass is 310 g/mol. The number of nitrogens with one attached hydrogen (secondary N) is 1. The van der Waals surface area contributed by atoms with Crippen molar-refractivity contribution in [3.05, 3.63) is 34.9 Å². The lowest BCUT2D eigenvalue weighted by atomic mass is 10.2. The zero-order valence-corrected chi connectivity index (χ0v) is 12.5. The van der Waals surface area contributed by atoms with Gasteiger partial charge in [-0.05, 0) is 24.3 Å². The minimum absolute atomic E-state index is 0.146. The van der Waals surface area contributed by atoms with Crippen LogP contribution in [0.4, 0.5) is 0 Å². The van der Waals surface area contributed by atoms with Gasteiger partial charge in [-0.15, -0.1) is 0 Å². The molecule has 3 N–H and O–H groups in total. The van der Waals surface area contributed by atoms with Gasteiger partial charge in [-0.25, -0.2) is 0 Å². The van der Waals surface area contributed by atoms with E-state index in [4.69, 9.17) is 22.1 Å². The van der Waals surface area contributed by atoms with Gasteiger partial charge in [-0.1, -0.05) is 11.6 Å². The van der Waals surface area contributed by atoms with Crippen molar-refractivity contribution >= 4 is 23.5 Å². The van der Waals surface area contributed by atoms with Crippen LogP contribution in [0.3, 0.4) is 0 Å². The predicted octanol–water partition coefficient (Wildman–Crippen LogP) is 0.717. The maximum Gasteiger partial charge on any atom is 0.251 e. The van der Waals surface area contributed by atoms with Crippen LogP contribution in [0.1, 0.15) is 10.4 Å². The Morgan fingerprint density at radius 3 is 2.67 bits per heavy atom. The molecule has 7 heteroatoms. The first-order valence-electron chi connectivity index (χ1n) is 6.83. The third kappa shape index (κ3) is 4.91. The quantitative estimate of drug-likeness (QED) is 0.488. The standard InChI is InChI=1S/C14H19ClN4O2/c15-12-3-1-11(2-4-12)13(20)17-5-6-18-14(16)19-7-9-21-10-8-19/h1-4H,5-10H2,(H2,16,18)(H,17,20). The number of carbonyl (C=O) groups is 1. The van der Waals surface area contributed by atoms with Gasteiger partial charge in [0, 0.05) is 30.2 Å². The lowest BCUT2D eigenvalue weighted by molar-refractivity contribution is 0.0674. The molecule has 0 radical (unpaired) electrons. The zero-order valence-electron chi connectivity index (χ0n) is 11.7. The maximum absolute atomic E-state index is 11.8. The van der Waals surface area contributed by atoms with Gasteiger partial charge in [-0.3, -0.25) is 9.79 Å². The van der Waals surface area contributed by atoms with E-state index in [0.29, 0.717) is 42.8 Å². The largest absolute Gasteiger partial charge is 0.378 e. The van der Waals surface area contributed by atoms with Crippen molar-refractivity contribution in [1.82, 2.24) is 10.2 Å². The van der Waals surface area contributed by atoms with Crippen molar-refractivity contribution in [2.45, 2.75) is 0 Å². The van der Waals surface area contributed by atoms with Gasteiger partial charge in [0.25, 0.3) is 5.91 Å². The van der Waals surface area contributed by atoms with Crippen molar-refractivity contribution in [2.75, 3.05) is 39.4 Å². The Bertz CT molecular complexity index is 498. The Morgan fingerprint density at radius 1 is 1.33 bits per heavy atom. The molecule has 1 heterocycles. The van der Waals surface area contributed by atoms with Crippen LogP contribution in [0.2, 0.25) is 5.02 Å². The van der Waals surface area contributed by atoms with Gasteiger partial charge in [0.15, 0.2) is 5.96 Å². The fourth-order valence-corrected chi connectivity index (χ4v) is 2.06. The molecule has 1 fully saturated rings. The minimum Gasteiger partial charge on any atom is -0.378 e. The second-order valence-electron chi connectivity index (χ2n) is 4.60. The number of rotatable bonds is 4. The average molecular weight is 311 g/mol. The van der Waals surface area contributed by atoms with Crippen molar-refractivity contribution in [1.29, 1.82) is 0 Å². The number of hydrogen-bond acceptors (Lipinski definition) is 3. The fourth-order valence-electron chi connectivity index (χ4n) is 1.94. The van der Waals surface area contributed by atoms with E-state index in [1.807, 2.05) is 4.90 Å². The van der Waals surface area contributed by atoms with Gasteiger partial charge >= 0.3 is 0 Å². The highest BCUT2D eigenvalue weighted by molar-refractivity contribution is 6.30. The summed E-state index contributed by atoms with van der Waals surface area (Å²) in [5, 5.41) is 3.39. The Hall–Kier alpha value is -1.79. The lowest BCUT2D eigenvalue weighted by Gasteiger charge is -2.27. The number of nitrogens with two attached hydrogens (primary N) is 1. The average Bonchev–Trinajstić information content (AvgIpc) is 2.52. The highest BCUT2D eigenvalue weighted by atomic mass is 35.5. The van der Waals surface area contributed by atoms with Crippen LogP contribution in [0.5, 0.6) is 0 Å². The molecule has 0 bridgehead atoms. The van der Waals surface area contributed by atoms with E-state index >= 15 is 0 Å². The molecule has 0 aromatic heterocycles. The summed E-state index contributed by atoms with van der Waals surface area (Å²) in [6.45, 7) is 3.74. The van der Waals surface area contributed by atoms with Crippen molar-refractivity contribution < 1.29 is 9.53 Å². The summed E-state index contributed by atoms with van der Waals surface area (Å²) in [7, 11) is 0. The van der Waals surface area contributed by atoms with E-state index in [9.17, 15) is 4.79 Å². The fraction of sp³-hybridized carbons (Fsp3) is 0.429.